The predicted octanol–water partition coefficient (Wildman–Crippen LogP) is 11.7. The van der Waals surface area contributed by atoms with E-state index in [1.807, 2.05) is 0 Å². The molecule has 36 heavy (non-hydrogen) atoms. The highest BCUT2D eigenvalue weighted by Gasteiger charge is 2.27. The molecule has 0 heterocycles. The number of unbranched alkanes of at least 4 members (excludes halogenated alkanes) is 2. The van der Waals surface area contributed by atoms with Gasteiger partial charge in [-0.1, -0.05) is 141 Å². The summed E-state index contributed by atoms with van der Waals surface area (Å²) in [5, 5.41) is 0. The van der Waals surface area contributed by atoms with Crippen molar-refractivity contribution in [2.75, 3.05) is 0 Å². The van der Waals surface area contributed by atoms with E-state index < -0.39 is 0 Å². The van der Waals surface area contributed by atoms with Gasteiger partial charge in [0.15, 0.2) is 0 Å². The highest BCUT2D eigenvalue weighted by molar-refractivity contribution is 5.26. The molecule has 3 saturated carbocycles. The van der Waals surface area contributed by atoms with E-state index >= 15 is 0 Å². The van der Waals surface area contributed by atoms with E-state index in [0.717, 1.165) is 35.5 Å². The monoisotopic (exact) mass is 492 g/mol. The van der Waals surface area contributed by atoms with Gasteiger partial charge in [-0.15, -0.1) is 0 Å². The van der Waals surface area contributed by atoms with E-state index in [1.165, 1.54) is 141 Å². The van der Waals surface area contributed by atoms with E-state index in [4.69, 9.17) is 0 Å². The average Bonchev–Trinajstić information content (AvgIpc) is 2.94. The Balaban J connectivity index is 1.27. The third-order valence-corrected chi connectivity index (χ3v) is 11.0. The minimum atomic E-state index is 0.832. The molecule has 0 aliphatic heterocycles. The first-order valence-electron chi connectivity index (χ1n) is 16.8. The second kappa shape index (κ2) is 15.6. The highest BCUT2D eigenvalue weighted by atomic mass is 14.3. The second-order valence-corrected chi connectivity index (χ2v) is 13.6. The number of rotatable bonds is 13. The van der Waals surface area contributed by atoms with Crippen molar-refractivity contribution in [1.82, 2.24) is 0 Å². The fraction of sp³-hybridized carbons (Fsp3) is 0.833. The first kappa shape index (κ1) is 28.2. The Hall–Kier alpha value is -0.780. The van der Waals surface area contributed by atoms with Gasteiger partial charge in [-0.25, -0.2) is 0 Å². The molecule has 0 heteroatoms. The van der Waals surface area contributed by atoms with E-state index in [-0.39, 0.29) is 0 Å². The normalized spacial score (nSPS) is 28.7. The first-order valence-corrected chi connectivity index (χ1v) is 16.8. The lowest BCUT2D eigenvalue weighted by Gasteiger charge is -2.33. The predicted molar refractivity (Wildman–Crippen MR) is 159 cm³/mol. The largest absolute Gasteiger partial charge is 0.0654 e. The van der Waals surface area contributed by atoms with Crippen LogP contribution in [0.3, 0.4) is 0 Å². The van der Waals surface area contributed by atoms with Crippen molar-refractivity contribution in [2.24, 2.45) is 29.6 Å². The van der Waals surface area contributed by atoms with Crippen molar-refractivity contribution < 1.29 is 0 Å². The minimum Gasteiger partial charge on any atom is -0.0654 e. The zero-order chi connectivity index (χ0) is 25.0. The van der Waals surface area contributed by atoms with E-state index in [2.05, 4.69) is 38.1 Å². The fourth-order valence-electron chi connectivity index (χ4n) is 8.37. The van der Waals surface area contributed by atoms with Gasteiger partial charge in [0.25, 0.3) is 0 Å². The molecule has 4 rings (SSSR count). The van der Waals surface area contributed by atoms with E-state index in [1.54, 1.807) is 11.1 Å². The Kier molecular flexibility index (Phi) is 12.2. The Morgan fingerprint density at radius 3 is 1.69 bits per heavy atom. The molecule has 1 unspecified atom stereocenters. The van der Waals surface area contributed by atoms with E-state index in [0.29, 0.717) is 0 Å². The summed E-state index contributed by atoms with van der Waals surface area (Å²) in [6, 6.07) is 10.1. The van der Waals surface area contributed by atoms with Crippen molar-refractivity contribution in [3.8, 4) is 0 Å². The van der Waals surface area contributed by atoms with Crippen LogP contribution in [0.5, 0.6) is 0 Å². The third kappa shape index (κ3) is 8.91. The van der Waals surface area contributed by atoms with Crippen molar-refractivity contribution in [2.45, 2.75) is 161 Å². The van der Waals surface area contributed by atoms with Gasteiger partial charge < -0.3 is 0 Å². The molecule has 3 aliphatic carbocycles. The molecule has 0 saturated heterocycles. The molecule has 0 N–H and O–H groups in total. The van der Waals surface area contributed by atoms with Crippen LogP contribution in [0.25, 0.3) is 0 Å². The van der Waals surface area contributed by atoms with Crippen molar-refractivity contribution in [3.05, 3.63) is 35.4 Å². The lowest BCUT2D eigenvalue weighted by atomic mass is 9.72. The second-order valence-electron chi connectivity index (χ2n) is 13.6. The molecule has 3 aliphatic rings. The summed E-state index contributed by atoms with van der Waals surface area (Å²) in [7, 11) is 0. The molecule has 3 fully saturated rings. The lowest BCUT2D eigenvalue weighted by Crippen LogP contribution is -2.22. The van der Waals surface area contributed by atoms with Gasteiger partial charge in [0, 0.05) is 0 Å². The summed E-state index contributed by atoms with van der Waals surface area (Å²) < 4.78 is 0. The van der Waals surface area contributed by atoms with E-state index in [9.17, 15) is 0 Å². The number of hydrogen-bond acceptors (Lipinski definition) is 0. The van der Waals surface area contributed by atoms with Gasteiger partial charge in [-0.3, -0.25) is 0 Å². The standard InChI is InChI=1S/C36H60/c1-3-5-10-29-14-16-31(17-15-29)20-27-36(33-12-8-7-9-13-33)28-32-21-25-35(26-22-32)34-23-18-30(19-24-34)11-6-4-2/h21-22,25-26,29-31,33-34,36H,3-20,23-24,27-28H2,1-2H3. The SMILES string of the molecule is CCCCC1CCC(CCC(Cc2ccc(C3CCC(CCCC)CC3)cc2)C2CCCCC2)CC1. The maximum atomic E-state index is 2.53. The van der Waals surface area contributed by atoms with Crippen LogP contribution in [-0.4, -0.2) is 0 Å². The Morgan fingerprint density at radius 2 is 1.14 bits per heavy atom. The summed E-state index contributed by atoms with van der Waals surface area (Å²) in [6.07, 6.45) is 32.4. The van der Waals surface area contributed by atoms with Gasteiger partial charge >= 0.3 is 0 Å². The first-order chi connectivity index (χ1) is 17.7. The molecule has 0 spiro atoms. The van der Waals surface area contributed by atoms with Crippen LogP contribution in [0.4, 0.5) is 0 Å². The zero-order valence-electron chi connectivity index (χ0n) is 24.3. The molecule has 1 aromatic rings. The summed E-state index contributed by atoms with van der Waals surface area (Å²) in [5.74, 6) is 5.87. The van der Waals surface area contributed by atoms with Gasteiger partial charge in [0.1, 0.15) is 0 Å². The van der Waals surface area contributed by atoms with Crippen LogP contribution < -0.4 is 0 Å². The summed E-state index contributed by atoms with van der Waals surface area (Å²) >= 11 is 0. The molecule has 204 valence electrons. The Morgan fingerprint density at radius 1 is 0.611 bits per heavy atom. The van der Waals surface area contributed by atoms with Crippen LogP contribution in [0.1, 0.15) is 166 Å². The molecule has 1 atom stereocenters. The molecular formula is C36H60. The summed E-state index contributed by atoms with van der Waals surface area (Å²) in [6.45, 7) is 4.69. The molecular weight excluding hydrogens is 432 g/mol. The van der Waals surface area contributed by atoms with Crippen molar-refractivity contribution in [3.63, 3.8) is 0 Å². The summed E-state index contributed by atoms with van der Waals surface area (Å²) in [5.41, 5.74) is 3.27. The smallest absolute Gasteiger partial charge is 0.0162 e. The van der Waals surface area contributed by atoms with Crippen LogP contribution in [0, 0.1) is 29.6 Å². The molecule has 0 bridgehead atoms. The molecule has 0 aromatic heterocycles. The molecule has 0 nitrogen and oxygen atoms in total. The maximum Gasteiger partial charge on any atom is -0.0162 e. The van der Waals surface area contributed by atoms with Gasteiger partial charge in [-0.2, -0.15) is 0 Å². The average molecular weight is 493 g/mol. The quantitative estimate of drug-likeness (QED) is 0.257. The van der Waals surface area contributed by atoms with Crippen LogP contribution in [-0.2, 0) is 6.42 Å². The zero-order valence-corrected chi connectivity index (χ0v) is 24.3. The van der Waals surface area contributed by atoms with Crippen molar-refractivity contribution in [1.29, 1.82) is 0 Å². The van der Waals surface area contributed by atoms with Gasteiger partial charge in [0.05, 0.1) is 0 Å². The van der Waals surface area contributed by atoms with Crippen LogP contribution in [0.15, 0.2) is 24.3 Å². The number of benzene rings is 1. The van der Waals surface area contributed by atoms with Gasteiger partial charge in [0.2, 0.25) is 0 Å². The Bertz CT molecular complexity index is 679. The molecule has 0 amide bonds. The maximum absolute atomic E-state index is 2.53. The number of hydrogen-bond donors (Lipinski definition) is 0. The van der Waals surface area contributed by atoms with Crippen molar-refractivity contribution >= 4 is 0 Å². The molecule has 0 radical (unpaired) electrons. The topological polar surface area (TPSA) is 0 Å². The highest BCUT2D eigenvalue weighted by Crippen LogP contribution is 2.40. The third-order valence-electron chi connectivity index (χ3n) is 11.0. The Labute approximate surface area is 225 Å². The minimum absolute atomic E-state index is 0.832. The lowest BCUT2D eigenvalue weighted by molar-refractivity contribution is 0.196. The fourth-order valence-corrected chi connectivity index (χ4v) is 8.37. The van der Waals surface area contributed by atoms with Crippen LogP contribution >= 0.6 is 0 Å². The molecule has 1 aromatic carbocycles. The van der Waals surface area contributed by atoms with Crippen LogP contribution in [0.2, 0.25) is 0 Å². The van der Waals surface area contributed by atoms with Gasteiger partial charge in [-0.05, 0) is 85.2 Å². The summed E-state index contributed by atoms with van der Waals surface area (Å²) in [4.78, 5) is 0.